The summed E-state index contributed by atoms with van der Waals surface area (Å²) < 4.78 is 0. The van der Waals surface area contributed by atoms with Crippen LogP contribution in [0.2, 0.25) is 0 Å². The van der Waals surface area contributed by atoms with Gasteiger partial charge < -0.3 is 5.43 Å². The van der Waals surface area contributed by atoms with Gasteiger partial charge in [0.2, 0.25) is 0 Å². The van der Waals surface area contributed by atoms with E-state index in [0.717, 1.165) is 10.7 Å². The van der Waals surface area contributed by atoms with Crippen molar-refractivity contribution >= 4 is 22.0 Å². The molecule has 0 amide bonds. The van der Waals surface area contributed by atoms with E-state index >= 15 is 0 Å². The van der Waals surface area contributed by atoms with Crippen molar-refractivity contribution in [2.45, 2.75) is 13.8 Å². The lowest BCUT2D eigenvalue weighted by atomic mass is 10.3. The minimum absolute atomic E-state index is 1.07. The molecule has 0 aliphatic carbocycles. The van der Waals surface area contributed by atoms with Gasteiger partial charge in [-0.05, 0) is 29.6 Å². The minimum atomic E-state index is 1.07. The largest absolute Gasteiger partial charge is 0.300 e. The van der Waals surface area contributed by atoms with Crippen LogP contribution in [0.3, 0.4) is 0 Å². The Morgan fingerprint density at radius 3 is 2.20 bits per heavy atom. The summed E-state index contributed by atoms with van der Waals surface area (Å²) in [6.45, 7) is 4.00. The molecule has 0 radical (unpaired) electrons. The van der Waals surface area contributed by atoms with Gasteiger partial charge in [0.1, 0.15) is 5.00 Å². The monoisotopic (exact) mass is 220 g/mol. The number of thiophene rings is 1. The SMILES string of the molecule is CC.c1ccc(NNc2cccs2)cc1. The first-order chi connectivity index (χ1) is 7.45. The van der Waals surface area contributed by atoms with Crippen LogP contribution >= 0.6 is 11.3 Å². The van der Waals surface area contributed by atoms with Gasteiger partial charge in [-0.3, -0.25) is 5.43 Å². The Morgan fingerprint density at radius 1 is 0.867 bits per heavy atom. The molecule has 0 atom stereocenters. The number of hydrogen-bond acceptors (Lipinski definition) is 3. The molecule has 0 unspecified atom stereocenters. The third-order valence-electron chi connectivity index (χ3n) is 1.63. The molecule has 80 valence electrons. The van der Waals surface area contributed by atoms with Crippen molar-refractivity contribution in [1.82, 2.24) is 0 Å². The third kappa shape index (κ3) is 4.04. The molecule has 0 bridgehead atoms. The molecule has 1 heterocycles. The van der Waals surface area contributed by atoms with Crippen LogP contribution in [0, 0.1) is 0 Å². The topological polar surface area (TPSA) is 24.1 Å². The molecule has 1 aromatic carbocycles. The van der Waals surface area contributed by atoms with Gasteiger partial charge in [-0.15, -0.1) is 11.3 Å². The molecular formula is C12H16N2S. The molecule has 0 aliphatic heterocycles. The standard InChI is InChI=1S/C10H10N2S.C2H6/c1-2-5-9(6-3-1)11-12-10-7-4-8-13-10;1-2/h1-8,11-12H;1-2H3. The molecule has 3 heteroatoms. The fourth-order valence-electron chi connectivity index (χ4n) is 1.00. The Morgan fingerprint density at radius 2 is 1.60 bits per heavy atom. The van der Waals surface area contributed by atoms with Crippen molar-refractivity contribution in [3.05, 3.63) is 47.8 Å². The molecular weight excluding hydrogens is 204 g/mol. The van der Waals surface area contributed by atoms with Gasteiger partial charge in [0.05, 0.1) is 5.69 Å². The highest BCUT2D eigenvalue weighted by Gasteiger charge is 1.90. The quantitative estimate of drug-likeness (QED) is 0.757. The average Bonchev–Trinajstić information content (AvgIpc) is 2.83. The van der Waals surface area contributed by atoms with Gasteiger partial charge in [-0.25, -0.2) is 0 Å². The van der Waals surface area contributed by atoms with Crippen molar-refractivity contribution in [3.8, 4) is 0 Å². The first kappa shape index (κ1) is 11.6. The zero-order valence-corrected chi connectivity index (χ0v) is 9.84. The lowest BCUT2D eigenvalue weighted by Crippen LogP contribution is -2.06. The van der Waals surface area contributed by atoms with Gasteiger partial charge in [0, 0.05) is 0 Å². The van der Waals surface area contributed by atoms with Crippen LogP contribution in [0.25, 0.3) is 0 Å². The highest BCUT2D eigenvalue weighted by molar-refractivity contribution is 7.14. The molecule has 15 heavy (non-hydrogen) atoms. The van der Waals surface area contributed by atoms with Gasteiger partial charge in [0.25, 0.3) is 0 Å². The fraction of sp³-hybridized carbons (Fsp3) is 0.167. The molecule has 2 rings (SSSR count). The van der Waals surface area contributed by atoms with Gasteiger partial charge in [-0.2, -0.15) is 0 Å². The molecule has 0 fully saturated rings. The van der Waals surface area contributed by atoms with E-state index < -0.39 is 0 Å². The van der Waals surface area contributed by atoms with E-state index in [4.69, 9.17) is 0 Å². The van der Waals surface area contributed by atoms with Crippen molar-refractivity contribution in [1.29, 1.82) is 0 Å². The average molecular weight is 220 g/mol. The number of anilines is 2. The van der Waals surface area contributed by atoms with Crippen LogP contribution in [0.4, 0.5) is 10.7 Å². The summed E-state index contributed by atoms with van der Waals surface area (Å²) in [5, 5.41) is 3.15. The number of rotatable bonds is 3. The van der Waals surface area contributed by atoms with Gasteiger partial charge >= 0.3 is 0 Å². The Balaban J connectivity index is 0.000000531. The van der Waals surface area contributed by atoms with Crippen LogP contribution in [-0.2, 0) is 0 Å². The molecule has 2 N–H and O–H groups in total. The Labute approximate surface area is 94.9 Å². The summed E-state index contributed by atoms with van der Waals surface area (Å²) in [6.07, 6.45) is 0. The van der Waals surface area contributed by atoms with E-state index in [0.29, 0.717) is 0 Å². The van der Waals surface area contributed by atoms with E-state index in [-0.39, 0.29) is 0 Å². The highest BCUT2D eigenvalue weighted by Crippen LogP contribution is 2.15. The molecule has 0 spiro atoms. The zero-order chi connectivity index (χ0) is 10.9. The van der Waals surface area contributed by atoms with Crippen molar-refractivity contribution in [2.75, 3.05) is 10.9 Å². The zero-order valence-electron chi connectivity index (χ0n) is 9.03. The van der Waals surface area contributed by atoms with Crippen LogP contribution in [-0.4, -0.2) is 0 Å². The van der Waals surface area contributed by atoms with E-state index in [2.05, 4.69) is 10.9 Å². The first-order valence-electron chi connectivity index (χ1n) is 5.06. The first-order valence-corrected chi connectivity index (χ1v) is 5.94. The Hall–Kier alpha value is -1.48. The lowest BCUT2D eigenvalue weighted by molar-refractivity contribution is 1.45. The summed E-state index contributed by atoms with van der Waals surface area (Å²) in [5.41, 5.74) is 7.28. The van der Waals surface area contributed by atoms with E-state index in [1.54, 1.807) is 11.3 Å². The second kappa shape index (κ2) is 6.90. The number of nitrogens with one attached hydrogen (secondary N) is 2. The number of benzene rings is 1. The van der Waals surface area contributed by atoms with Crippen molar-refractivity contribution < 1.29 is 0 Å². The van der Waals surface area contributed by atoms with Crippen LogP contribution in [0.1, 0.15) is 13.8 Å². The summed E-state index contributed by atoms with van der Waals surface area (Å²) in [7, 11) is 0. The summed E-state index contributed by atoms with van der Waals surface area (Å²) in [6, 6.07) is 14.1. The smallest absolute Gasteiger partial charge is 0.107 e. The molecule has 0 aliphatic rings. The molecule has 2 aromatic rings. The predicted octanol–water partition coefficient (Wildman–Crippen LogP) is 4.21. The van der Waals surface area contributed by atoms with Crippen LogP contribution < -0.4 is 10.9 Å². The molecule has 1 aromatic heterocycles. The van der Waals surface area contributed by atoms with E-state index in [9.17, 15) is 0 Å². The molecule has 2 nitrogen and oxygen atoms in total. The van der Waals surface area contributed by atoms with E-state index in [1.807, 2.05) is 61.7 Å². The van der Waals surface area contributed by atoms with E-state index in [1.165, 1.54) is 0 Å². The second-order valence-corrected chi connectivity index (χ2v) is 3.54. The third-order valence-corrected chi connectivity index (χ3v) is 2.41. The minimum Gasteiger partial charge on any atom is -0.300 e. The fourth-order valence-corrected chi connectivity index (χ4v) is 1.58. The summed E-state index contributed by atoms with van der Waals surface area (Å²) in [5.74, 6) is 0. The maximum absolute atomic E-state index is 3.11. The van der Waals surface area contributed by atoms with Gasteiger partial charge in [0.15, 0.2) is 0 Å². The van der Waals surface area contributed by atoms with Crippen molar-refractivity contribution in [2.24, 2.45) is 0 Å². The highest BCUT2D eigenvalue weighted by atomic mass is 32.1. The van der Waals surface area contributed by atoms with Crippen LogP contribution in [0.15, 0.2) is 47.8 Å². The predicted molar refractivity (Wildman–Crippen MR) is 69.4 cm³/mol. The van der Waals surface area contributed by atoms with Crippen LogP contribution in [0.5, 0.6) is 0 Å². The van der Waals surface area contributed by atoms with Crippen molar-refractivity contribution in [3.63, 3.8) is 0 Å². The lowest BCUT2D eigenvalue weighted by Gasteiger charge is -2.06. The number of hydrogen-bond donors (Lipinski definition) is 2. The Bertz CT molecular complexity index is 343. The normalized spacial score (nSPS) is 8.67. The summed E-state index contributed by atoms with van der Waals surface area (Å²) in [4.78, 5) is 0. The molecule has 0 saturated carbocycles. The maximum atomic E-state index is 3.11. The summed E-state index contributed by atoms with van der Waals surface area (Å²) >= 11 is 1.67. The number of hydrazine groups is 1. The number of para-hydroxylation sites is 1. The van der Waals surface area contributed by atoms with Gasteiger partial charge in [-0.1, -0.05) is 32.0 Å². The maximum Gasteiger partial charge on any atom is 0.107 e. The molecule has 0 saturated heterocycles. The Kier molecular flexibility index (Phi) is 5.33. The second-order valence-electron chi connectivity index (χ2n) is 2.59.